The molecule has 1 atom stereocenters. The molecule has 116 valence electrons. The fourth-order valence-corrected chi connectivity index (χ4v) is 1.64. The number of rotatable bonds is 6. The van der Waals surface area contributed by atoms with Crippen molar-refractivity contribution < 1.29 is 27.8 Å². The first-order valence-corrected chi connectivity index (χ1v) is 6.28. The molecule has 0 radical (unpaired) electrons. The zero-order valence-corrected chi connectivity index (χ0v) is 11.9. The molecule has 0 bridgehead atoms. The molecule has 7 heteroatoms. The third-order valence-corrected chi connectivity index (χ3v) is 2.75. The monoisotopic (exact) mass is 301 g/mol. The van der Waals surface area contributed by atoms with Gasteiger partial charge >= 0.3 is 12.6 Å². The van der Waals surface area contributed by atoms with E-state index in [9.17, 15) is 18.4 Å². The zero-order valence-electron chi connectivity index (χ0n) is 11.9. The Balaban J connectivity index is 2.76. The molecule has 0 saturated heterocycles. The molecule has 1 amide bonds. The molecule has 1 aromatic carbocycles. The Morgan fingerprint density at radius 3 is 2.14 bits per heavy atom. The zero-order chi connectivity index (χ0) is 16.0. The number of alkyl halides is 2. The van der Waals surface area contributed by atoms with Crippen LogP contribution in [0.2, 0.25) is 0 Å². The van der Waals surface area contributed by atoms with Crippen LogP contribution in [0.4, 0.5) is 8.78 Å². The quantitative estimate of drug-likeness (QED) is 0.818. The van der Waals surface area contributed by atoms with Crippen molar-refractivity contribution in [3.8, 4) is 5.75 Å². The van der Waals surface area contributed by atoms with E-state index in [1.807, 2.05) is 0 Å². The summed E-state index contributed by atoms with van der Waals surface area (Å²) in [7, 11) is 1.24. The van der Waals surface area contributed by atoms with Crippen molar-refractivity contribution in [2.45, 2.75) is 26.5 Å². The molecule has 1 unspecified atom stereocenters. The van der Waals surface area contributed by atoms with Crippen LogP contribution in [0.25, 0.3) is 0 Å². The van der Waals surface area contributed by atoms with E-state index in [0.717, 1.165) is 0 Å². The van der Waals surface area contributed by atoms with E-state index in [1.54, 1.807) is 13.8 Å². The van der Waals surface area contributed by atoms with Gasteiger partial charge in [0.2, 0.25) is 0 Å². The van der Waals surface area contributed by atoms with Gasteiger partial charge in [0.15, 0.2) is 0 Å². The molecule has 0 aliphatic carbocycles. The normalized spacial score (nSPS) is 12.1. The predicted octanol–water partition coefficient (Wildman–Crippen LogP) is 2.22. The number of amides is 1. The molecule has 0 aliphatic heterocycles. The molecule has 0 aliphatic rings. The topological polar surface area (TPSA) is 64.6 Å². The molecule has 0 fully saturated rings. The minimum Gasteiger partial charge on any atom is -0.467 e. The maximum Gasteiger partial charge on any atom is 0.387 e. The summed E-state index contributed by atoms with van der Waals surface area (Å²) in [5.74, 6) is -1.24. The standard InChI is InChI=1S/C14H17F2NO4/c1-8(2)11(13(19)20-3)17-12(18)9-4-6-10(7-5-9)21-14(15)16/h4-8,11,14H,1-3H3,(H,17,18). The van der Waals surface area contributed by atoms with Crippen molar-refractivity contribution in [3.63, 3.8) is 0 Å². The number of ether oxygens (including phenoxy) is 2. The van der Waals surface area contributed by atoms with Crippen LogP contribution < -0.4 is 10.1 Å². The van der Waals surface area contributed by atoms with Crippen LogP contribution in [-0.4, -0.2) is 31.6 Å². The van der Waals surface area contributed by atoms with E-state index in [1.165, 1.54) is 31.4 Å². The lowest BCUT2D eigenvalue weighted by Crippen LogP contribution is -2.45. The average Bonchev–Trinajstić information content (AvgIpc) is 2.43. The van der Waals surface area contributed by atoms with Crippen LogP contribution in [0.5, 0.6) is 5.75 Å². The number of methoxy groups -OCH3 is 1. The summed E-state index contributed by atoms with van der Waals surface area (Å²) in [6, 6.07) is 4.40. The second-order valence-corrected chi connectivity index (χ2v) is 4.62. The molecular weight excluding hydrogens is 284 g/mol. The smallest absolute Gasteiger partial charge is 0.387 e. The minimum atomic E-state index is -2.92. The summed E-state index contributed by atoms with van der Waals surface area (Å²) in [5, 5.41) is 2.54. The summed E-state index contributed by atoms with van der Waals surface area (Å²) >= 11 is 0. The summed E-state index contributed by atoms with van der Waals surface area (Å²) in [6.45, 7) is 0.609. The maximum atomic E-state index is 12.0. The molecule has 1 N–H and O–H groups in total. The minimum absolute atomic E-state index is 0.0464. The Labute approximate surface area is 121 Å². The Hall–Kier alpha value is -2.18. The van der Waals surface area contributed by atoms with E-state index in [0.29, 0.717) is 0 Å². The van der Waals surface area contributed by atoms with Gasteiger partial charge in [0.05, 0.1) is 7.11 Å². The Morgan fingerprint density at radius 2 is 1.71 bits per heavy atom. The molecule has 5 nitrogen and oxygen atoms in total. The Morgan fingerprint density at radius 1 is 1.14 bits per heavy atom. The lowest BCUT2D eigenvalue weighted by atomic mass is 10.0. The first-order valence-electron chi connectivity index (χ1n) is 6.28. The van der Waals surface area contributed by atoms with Crippen molar-refractivity contribution in [3.05, 3.63) is 29.8 Å². The van der Waals surface area contributed by atoms with Crippen LogP contribution in [0.3, 0.4) is 0 Å². The van der Waals surface area contributed by atoms with E-state index in [-0.39, 0.29) is 17.2 Å². The third kappa shape index (κ3) is 5.02. The molecule has 21 heavy (non-hydrogen) atoms. The van der Waals surface area contributed by atoms with Gasteiger partial charge in [-0.3, -0.25) is 4.79 Å². The number of carbonyl (C=O) groups is 2. The summed E-state index contributed by atoms with van der Waals surface area (Å²) < 4.78 is 32.8. The number of benzene rings is 1. The summed E-state index contributed by atoms with van der Waals surface area (Å²) in [4.78, 5) is 23.6. The SMILES string of the molecule is COC(=O)C(NC(=O)c1ccc(OC(F)F)cc1)C(C)C. The van der Waals surface area contributed by atoms with Crippen LogP contribution >= 0.6 is 0 Å². The molecular formula is C14H17F2NO4. The van der Waals surface area contributed by atoms with Crippen LogP contribution in [0.1, 0.15) is 24.2 Å². The molecule has 0 aromatic heterocycles. The van der Waals surface area contributed by atoms with Crippen molar-refractivity contribution in [2.75, 3.05) is 7.11 Å². The van der Waals surface area contributed by atoms with E-state index < -0.39 is 24.5 Å². The third-order valence-electron chi connectivity index (χ3n) is 2.75. The van der Waals surface area contributed by atoms with Crippen molar-refractivity contribution in [2.24, 2.45) is 5.92 Å². The highest BCUT2D eigenvalue weighted by Gasteiger charge is 2.25. The van der Waals surface area contributed by atoms with E-state index >= 15 is 0 Å². The summed E-state index contributed by atoms with van der Waals surface area (Å²) in [6.07, 6.45) is 0. The Bertz CT molecular complexity index is 488. The van der Waals surface area contributed by atoms with E-state index in [4.69, 9.17) is 0 Å². The number of nitrogens with one attached hydrogen (secondary N) is 1. The molecule has 1 aromatic rings. The number of hydrogen-bond acceptors (Lipinski definition) is 4. The van der Waals surface area contributed by atoms with Crippen molar-refractivity contribution >= 4 is 11.9 Å². The lowest BCUT2D eigenvalue weighted by Gasteiger charge is -2.19. The number of carbonyl (C=O) groups excluding carboxylic acids is 2. The molecule has 0 spiro atoms. The Kier molecular flexibility index (Phi) is 6.08. The van der Waals surface area contributed by atoms with Gasteiger partial charge in [-0.25, -0.2) is 4.79 Å². The van der Waals surface area contributed by atoms with Crippen molar-refractivity contribution in [1.29, 1.82) is 0 Å². The lowest BCUT2D eigenvalue weighted by molar-refractivity contribution is -0.144. The van der Waals surface area contributed by atoms with Crippen LogP contribution in [0.15, 0.2) is 24.3 Å². The van der Waals surface area contributed by atoms with Gasteiger partial charge in [0.25, 0.3) is 5.91 Å². The number of esters is 1. The fourth-order valence-electron chi connectivity index (χ4n) is 1.64. The summed E-state index contributed by atoms with van der Waals surface area (Å²) in [5.41, 5.74) is 0.228. The van der Waals surface area contributed by atoms with Gasteiger partial charge in [0, 0.05) is 5.56 Å². The number of hydrogen-bond donors (Lipinski definition) is 1. The second-order valence-electron chi connectivity index (χ2n) is 4.62. The van der Waals surface area contributed by atoms with Gasteiger partial charge in [-0.05, 0) is 30.2 Å². The van der Waals surface area contributed by atoms with Gasteiger partial charge in [0.1, 0.15) is 11.8 Å². The van der Waals surface area contributed by atoms with Crippen molar-refractivity contribution in [1.82, 2.24) is 5.32 Å². The average molecular weight is 301 g/mol. The predicted molar refractivity (Wildman–Crippen MR) is 71.2 cm³/mol. The van der Waals surface area contributed by atoms with E-state index in [2.05, 4.69) is 14.8 Å². The first kappa shape index (κ1) is 16.9. The number of halogens is 2. The van der Waals surface area contributed by atoms with Crippen LogP contribution in [-0.2, 0) is 9.53 Å². The molecule has 0 heterocycles. The molecule has 1 rings (SSSR count). The van der Waals surface area contributed by atoms with Gasteiger partial charge in [-0.1, -0.05) is 13.8 Å². The first-order chi connectivity index (χ1) is 9.85. The van der Waals surface area contributed by atoms with Gasteiger partial charge in [-0.2, -0.15) is 8.78 Å². The molecule has 0 saturated carbocycles. The highest BCUT2D eigenvalue weighted by molar-refractivity contribution is 5.96. The van der Waals surface area contributed by atoms with Crippen LogP contribution in [0, 0.1) is 5.92 Å². The van der Waals surface area contributed by atoms with Gasteiger partial charge < -0.3 is 14.8 Å². The maximum absolute atomic E-state index is 12.0. The fraction of sp³-hybridized carbons (Fsp3) is 0.429. The highest BCUT2D eigenvalue weighted by atomic mass is 19.3. The largest absolute Gasteiger partial charge is 0.467 e. The second kappa shape index (κ2) is 7.56. The highest BCUT2D eigenvalue weighted by Crippen LogP contribution is 2.15. The van der Waals surface area contributed by atoms with Gasteiger partial charge in [-0.15, -0.1) is 0 Å².